The number of amides is 2. The average Bonchev–Trinajstić information content (AvgIpc) is 3.20. The Balaban J connectivity index is 1.76. The molecule has 2 aromatic rings. The molecule has 4 nitrogen and oxygen atoms in total. The minimum absolute atomic E-state index is 0.0229. The van der Waals surface area contributed by atoms with Crippen LogP contribution < -0.4 is 5.32 Å². The molecule has 1 N–H and O–H groups in total. The lowest BCUT2D eigenvalue weighted by Gasteiger charge is -2.30. The van der Waals surface area contributed by atoms with Crippen LogP contribution in [0.15, 0.2) is 48.5 Å². The number of hydrogen-bond donors (Lipinski definition) is 1. The molecule has 0 aliphatic heterocycles. The molecule has 0 saturated heterocycles. The summed E-state index contributed by atoms with van der Waals surface area (Å²) in [4.78, 5) is 27.8. The lowest BCUT2D eigenvalue weighted by molar-refractivity contribution is -0.140. The van der Waals surface area contributed by atoms with Gasteiger partial charge in [-0.2, -0.15) is 0 Å². The lowest BCUT2D eigenvalue weighted by atomic mass is 10.1. The van der Waals surface area contributed by atoms with E-state index in [1.54, 1.807) is 4.90 Å². The largest absolute Gasteiger partial charge is 0.352 e. The first-order valence-electron chi connectivity index (χ1n) is 10.6. The molecule has 1 fully saturated rings. The summed E-state index contributed by atoms with van der Waals surface area (Å²) in [6.07, 6.45) is 4.70. The molecule has 0 aromatic heterocycles. The van der Waals surface area contributed by atoms with Gasteiger partial charge in [-0.3, -0.25) is 9.59 Å². The Morgan fingerprint density at radius 2 is 1.69 bits per heavy atom. The van der Waals surface area contributed by atoms with E-state index in [1.165, 1.54) is 18.4 Å². The minimum Gasteiger partial charge on any atom is -0.352 e. The Labute approximate surface area is 174 Å². The van der Waals surface area contributed by atoms with Gasteiger partial charge in [0.1, 0.15) is 6.04 Å². The first kappa shape index (κ1) is 21.1. The molecule has 29 heavy (non-hydrogen) atoms. The maximum Gasteiger partial charge on any atom is 0.242 e. The number of nitrogens with zero attached hydrogens (tertiary/aromatic N) is 1. The zero-order chi connectivity index (χ0) is 20.8. The summed E-state index contributed by atoms with van der Waals surface area (Å²) >= 11 is 0. The highest BCUT2D eigenvalue weighted by Crippen LogP contribution is 2.19. The molecule has 3 rings (SSSR count). The maximum atomic E-state index is 13.2. The number of aryl methyl sites for hydroxylation is 2. The Hall–Kier alpha value is -2.62. The molecule has 154 valence electrons. The summed E-state index contributed by atoms with van der Waals surface area (Å²) in [5, 5.41) is 3.15. The molecule has 1 aliphatic carbocycles. The van der Waals surface area contributed by atoms with Crippen LogP contribution in [0, 0.1) is 13.8 Å². The van der Waals surface area contributed by atoms with Crippen LogP contribution in [-0.4, -0.2) is 28.8 Å². The van der Waals surface area contributed by atoms with Crippen LogP contribution in [0.3, 0.4) is 0 Å². The van der Waals surface area contributed by atoms with Gasteiger partial charge in [-0.05, 0) is 44.7 Å². The maximum absolute atomic E-state index is 13.2. The van der Waals surface area contributed by atoms with Gasteiger partial charge >= 0.3 is 0 Å². The van der Waals surface area contributed by atoms with Crippen molar-refractivity contribution in [3.8, 4) is 0 Å². The van der Waals surface area contributed by atoms with E-state index in [0.29, 0.717) is 13.0 Å². The van der Waals surface area contributed by atoms with E-state index < -0.39 is 6.04 Å². The fourth-order valence-corrected chi connectivity index (χ4v) is 3.96. The zero-order valence-corrected chi connectivity index (χ0v) is 17.8. The normalized spacial score (nSPS) is 15.1. The van der Waals surface area contributed by atoms with Crippen LogP contribution in [0.2, 0.25) is 0 Å². The van der Waals surface area contributed by atoms with Crippen LogP contribution >= 0.6 is 0 Å². The van der Waals surface area contributed by atoms with Gasteiger partial charge < -0.3 is 10.2 Å². The molecule has 0 bridgehead atoms. The van der Waals surface area contributed by atoms with Crippen molar-refractivity contribution in [2.45, 2.75) is 71.5 Å². The Morgan fingerprint density at radius 1 is 1.00 bits per heavy atom. The number of nitrogens with one attached hydrogen (secondary N) is 1. The summed E-state index contributed by atoms with van der Waals surface area (Å²) in [6, 6.07) is 15.9. The fourth-order valence-electron chi connectivity index (χ4n) is 3.96. The van der Waals surface area contributed by atoms with Crippen molar-refractivity contribution in [2.75, 3.05) is 0 Å². The Morgan fingerprint density at radius 3 is 2.34 bits per heavy atom. The quantitative estimate of drug-likeness (QED) is 0.763. The van der Waals surface area contributed by atoms with Crippen molar-refractivity contribution in [3.05, 3.63) is 70.8 Å². The SMILES string of the molecule is Cc1ccc(CN(C(=O)Cc2cccc(C)c2)[C@H](C)C(=O)NC2CCCC2)cc1. The molecule has 2 aromatic carbocycles. The molecule has 1 saturated carbocycles. The Kier molecular flexibility index (Phi) is 7.08. The highest BCUT2D eigenvalue weighted by molar-refractivity contribution is 5.88. The third-order valence-corrected chi connectivity index (χ3v) is 5.78. The number of benzene rings is 2. The van der Waals surface area contributed by atoms with Crippen molar-refractivity contribution in [1.29, 1.82) is 0 Å². The molecule has 0 spiro atoms. The van der Waals surface area contributed by atoms with Gasteiger partial charge in [-0.25, -0.2) is 0 Å². The lowest BCUT2D eigenvalue weighted by Crippen LogP contribution is -2.50. The number of carbonyl (C=O) groups is 2. The summed E-state index contributed by atoms with van der Waals surface area (Å²) in [6.45, 7) is 6.34. The second kappa shape index (κ2) is 9.73. The monoisotopic (exact) mass is 392 g/mol. The zero-order valence-electron chi connectivity index (χ0n) is 17.8. The second-order valence-electron chi connectivity index (χ2n) is 8.34. The summed E-state index contributed by atoms with van der Waals surface area (Å²) in [7, 11) is 0. The van der Waals surface area contributed by atoms with Crippen molar-refractivity contribution >= 4 is 11.8 Å². The third-order valence-electron chi connectivity index (χ3n) is 5.78. The molecule has 2 amide bonds. The van der Waals surface area contributed by atoms with Gasteiger partial charge in [-0.1, -0.05) is 72.5 Å². The summed E-state index contributed by atoms with van der Waals surface area (Å²) in [5.41, 5.74) is 4.33. The minimum atomic E-state index is -0.505. The van der Waals surface area contributed by atoms with Gasteiger partial charge in [0.2, 0.25) is 11.8 Å². The molecule has 4 heteroatoms. The predicted octanol–water partition coefficient (Wildman–Crippen LogP) is 4.32. The van der Waals surface area contributed by atoms with Crippen molar-refractivity contribution in [2.24, 2.45) is 0 Å². The van der Waals surface area contributed by atoms with Gasteiger partial charge in [0.25, 0.3) is 0 Å². The first-order valence-corrected chi connectivity index (χ1v) is 10.6. The van der Waals surface area contributed by atoms with E-state index in [2.05, 4.69) is 5.32 Å². The topological polar surface area (TPSA) is 49.4 Å². The van der Waals surface area contributed by atoms with E-state index in [1.807, 2.05) is 69.3 Å². The fraction of sp³-hybridized carbons (Fsp3) is 0.440. The van der Waals surface area contributed by atoms with Crippen LogP contribution in [0.25, 0.3) is 0 Å². The standard InChI is InChI=1S/C25H32N2O2/c1-18-11-13-21(14-12-18)17-27(20(3)25(29)26-23-9-4-5-10-23)24(28)16-22-8-6-7-19(2)15-22/h6-8,11-15,20,23H,4-5,9-10,16-17H2,1-3H3,(H,26,29)/t20-/m1/s1. The van der Waals surface area contributed by atoms with Gasteiger partial charge in [-0.15, -0.1) is 0 Å². The van der Waals surface area contributed by atoms with Crippen LogP contribution in [0.5, 0.6) is 0 Å². The van der Waals surface area contributed by atoms with Crippen molar-refractivity contribution in [1.82, 2.24) is 10.2 Å². The number of hydrogen-bond acceptors (Lipinski definition) is 2. The molecule has 1 atom stereocenters. The van der Waals surface area contributed by atoms with Crippen molar-refractivity contribution in [3.63, 3.8) is 0 Å². The van der Waals surface area contributed by atoms with E-state index in [9.17, 15) is 9.59 Å². The molecular weight excluding hydrogens is 360 g/mol. The van der Waals surface area contributed by atoms with E-state index >= 15 is 0 Å². The number of rotatable bonds is 7. The molecule has 0 radical (unpaired) electrons. The van der Waals surface area contributed by atoms with Gasteiger partial charge in [0, 0.05) is 12.6 Å². The molecule has 0 unspecified atom stereocenters. The molecule has 1 aliphatic rings. The van der Waals surface area contributed by atoms with Crippen molar-refractivity contribution < 1.29 is 9.59 Å². The molecule has 0 heterocycles. The average molecular weight is 393 g/mol. The van der Waals surface area contributed by atoms with Gasteiger partial charge in [0.15, 0.2) is 0 Å². The van der Waals surface area contributed by atoms with Gasteiger partial charge in [0.05, 0.1) is 6.42 Å². The highest BCUT2D eigenvalue weighted by atomic mass is 16.2. The highest BCUT2D eigenvalue weighted by Gasteiger charge is 2.28. The molecular formula is C25H32N2O2. The summed E-state index contributed by atoms with van der Waals surface area (Å²) in [5.74, 6) is -0.0770. The first-order chi connectivity index (χ1) is 13.9. The van der Waals surface area contributed by atoms with E-state index in [0.717, 1.165) is 29.5 Å². The van der Waals surface area contributed by atoms with E-state index in [-0.39, 0.29) is 17.9 Å². The van der Waals surface area contributed by atoms with E-state index in [4.69, 9.17) is 0 Å². The van der Waals surface area contributed by atoms with Crippen LogP contribution in [0.4, 0.5) is 0 Å². The smallest absolute Gasteiger partial charge is 0.242 e. The second-order valence-corrected chi connectivity index (χ2v) is 8.34. The summed E-state index contributed by atoms with van der Waals surface area (Å²) < 4.78 is 0. The predicted molar refractivity (Wildman–Crippen MR) is 116 cm³/mol. The van der Waals surface area contributed by atoms with Crippen LogP contribution in [-0.2, 0) is 22.6 Å². The third kappa shape index (κ3) is 5.93. The Bertz CT molecular complexity index is 838. The van der Waals surface area contributed by atoms with Crippen LogP contribution in [0.1, 0.15) is 54.9 Å². The number of carbonyl (C=O) groups excluding carboxylic acids is 2.